The van der Waals surface area contributed by atoms with Gasteiger partial charge in [-0.1, -0.05) is 101 Å². The summed E-state index contributed by atoms with van der Waals surface area (Å²) in [4.78, 5) is 0. The van der Waals surface area contributed by atoms with Crippen molar-refractivity contribution in [1.29, 1.82) is 0 Å². The zero-order chi connectivity index (χ0) is 22.5. The molecule has 1 N–H and O–H groups in total. The van der Waals surface area contributed by atoms with E-state index in [1.165, 1.54) is 81.9 Å². The third-order valence-electron chi connectivity index (χ3n) is 5.92. The van der Waals surface area contributed by atoms with E-state index in [-0.39, 0.29) is 0 Å². The number of nitrogens with one attached hydrogen (secondary N) is 1. The highest BCUT2D eigenvalue weighted by Crippen LogP contribution is 2.30. The molecule has 0 aliphatic rings. The summed E-state index contributed by atoms with van der Waals surface area (Å²) >= 11 is 0. The Morgan fingerprint density at radius 2 is 1.16 bits per heavy atom. The Hall–Kier alpha value is -1.81. The molecule has 1 unspecified atom stereocenters. The molecule has 2 aromatic rings. The summed E-state index contributed by atoms with van der Waals surface area (Å²) in [6.45, 7) is 2.25. The predicted octanol–water partition coefficient (Wildman–Crippen LogP) is 8.74. The van der Waals surface area contributed by atoms with Crippen molar-refractivity contribution in [3.8, 4) is 0 Å². The average molecular weight is 433 g/mol. The van der Waals surface area contributed by atoms with E-state index in [0.717, 1.165) is 24.1 Å². The molecule has 0 amide bonds. The Bertz CT molecular complexity index is 720. The van der Waals surface area contributed by atoms with Crippen LogP contribution in [0, 0.1) is 0 Å². The van der Waals surface area contributed by atoms with Crippen molar-refractivity contribution in [2.24, 2.45) is 0 Å². The fourth-order valence-corrected chi connectivity index (χ4v) is 3.92. The molecule has 0 heterocycles. The molecule has 1 nitrogen and oxygen atoms in total. The molecule has 0 aliphatic carbocycles. The fourth-order valence-electron chi connectivity index (χ4n) is 3.92. The molecular formula is C27H37F3N. The lowest BCUT2D eigenvalue weighted by Gasteiger charge is -2.13. The van der Waals surface area contributed by atoms with Crippen LogP contribution in [0.15, 0.2) is 48.5 Å². The van der Waals surface area contributed by atoms with Gasteiger partial charge in [-0.05, 0) is 48.1 Å². The molecule has 4 heteroatoms. The Labute approximate surface area is 186 Å². The van der Waals surface area contributed by atoms with Crippen molar-refractivity contribution in [1.82, 2.24) is 5.73 Å². The maximum Gasteiger partial charge on any atom is 0.416 e. The third-order valence-corrected chi connectivity index (χ3v) is 5.92. The molecule has 0 aliphatic heterocycles. The highest BCUT2D eigenvalue weighted by atomic mass is 19.4. The second-order valence-corrected chi connectivity index (χ2v) is 8.62. The van der Waals surface area contributed by atoms with Crippen LogP contribution in [0.4, 0.5) is 13.2 Å². The number of alkyl halides is 3. The van der Waals surface area contributed by atoms with Crippen LogP contribution < -0.4 is 5.73 Å². The number of halogens is 3. The van der Waals surface area contributed by atoms with Crippen LogP contribution in [0.2, 0.25) is 0 Å². The Morgan fingerprint density at radius 1 is 0.677 bits per heavy atom. The van der Waals surface area contributed by atoms with E-state index in [1.54, 1.807) is 0 Å². The summed E-state index contributed by atoms with van der Waals surface area (Å²) in [5.74, 6) is 0. The van der Waals surface area contributed by atoms with Crippen LogP contribution in [0.5, 0.6) is 0 Å². The quantitative estimate of drug-likeness (QED) is 0.266. The van der Waals surface area contributed by atoms with Gasteiger partial charge in [0.15, 0.2) is 0 Å². The van der Waals surface area contributed by atoms with Crippen LogP contribution in [0.1, 0.15) is 99.4 Å². The van der Waals surface area contributed by atoms with Crippen molar-refractivity contribution in [3.63, 3.8) is 0 Å². The molecular weight excluding hydrogens is 395 g/mol. The fraction of sp³-hybridized carbons (Fsp3) is 0.556. The largest absolute Gasteiger partial charge is 0.416 e. The van der Waals surface area contributed by atoms with Crippen LogP contribution in [-0.2, 0) is 19.0 Å². The zero-order valence-corrected chi connectivity index (χ0v) is 18.8. The standard InChI is InChI=1S/C27H37F3N/c1-2-3-4-5-6-7-8-9-10-11-12-22-13-15-23(16-14-22)21-26(31)24-17-19-25(20-18-24)27(28,29)30/h13-20,26,31H,2-12,21H2,1H3. The van der Waals surface area contributed by atoms with Gasteiger partial charge in [0.25, 0.3) is 0 Å². The van der Waals surface area contributed by atoms with E-state index in [4.69, 9.17) is 5.73 Å². The molecule has 2 rings (SSSR count). The minimum absolute atomic E-state index is 0.504. The molecule has 0 bridgehead atoms. The Kier molecular flexibility index (Phi) is 11.1. The van der Waals surface area contributed by atoms with E-state index in [9.17, 15) is 13.2 Å². The topological polar surface area (TPSA) is 23.8 Å². The van der Waals surface area contributed by atoms with Crippen molar-refractivity contribution in [2.75, 3.05) is 0 Å². The SMILES string of the molecule is CCCCCCCCCCCCc1ccc(CC([NH])c2ccc(C(F)(F)F)cc2)cc1. The highest BCUT2D eigenvalue weighted by molar-refractivity contribution is 5.29. The second kappa shape index (κ2) is 13.6. The highest BCUT2D eigenvalue weighted by Gasteiger charge is 2.30. The Balaban J connectivity index is 1.65. The molecule has 0 saturated heterocycles. The van der Waals surface area contributed by atoms with Crippen LogP contribution in [-0.4, -0.2) is 0 Å². The van der Waals surface area contributed by atoms with Gasteiger partial charge in [0, 0.05) is 0 Å². The first-order chi connectivity index (χ1) is 14.9. The van der Waals surface area contributed by atoms with E-state index >= 15 is 0 Å². The summed E-state index contributed by atoms with van der Waals surface area (Å²) in [6.07, 6.45) is 10.6. The van der Waals surface area contributed by atoms with Crippen molar-refractivity contribution in [3.05, 3.63) is 70.8 Å². The predicted molar refractivity (Wildman–Crippen MR) is 123 cm³/mol. The minimum Gasteiger partial charge on any atom is -0.249 e. The summed E-state index contributed by atoms with van der Waals surface area (Å²) in [5, 5.41) is 0. The van der Waals surface area contributed by atoms with Gasteiger partial charge in [-0.3, -0.25) is 0 Å². The van der Waals surface area contributed by atoms with Crippen molar-refractivity contribution >= 4 is 0 Å². The van der Waals surface area contributed by atoms with Gasteiger partial charge in [-0.15, -0.1) is 0 Å². The summed E-state index contributed by atoms with van der Waals surface area (Å²) in [6, 6.07) is 12.8. The molecule has 171 valence electrons. The average Bonchev–Trinajstić information content (AvgIpc) is 2.75. The normalized spacial score (nSPS) is 12.8. The molecule has 0 spiro atoms. The van der Waals surface area contributed by atoms with E-state index < -0.39 is 17.8 Å². The molecule has 1 atom stereocenters. The van der Waals surface area contributed by atoms with E-state index in [2.05, 4.69) is 31.2 Å². The van der Waals surface area contributed by atoms with Gasteiger partial charge in [-0.25, -0.2) is 5.73 Å². The van der Waals surface area contributed by atoms with Crippen molar-refractivity contribution in [2.45, 2.75) is 96.2 Å². The Morgan fingerprint density at radius 3 is 1.68 bits per heavy atom. The zero-order valence-electron chi connectivity index (χ0n) is 18.8. The van der Waals surface area contributed by atoms with Gasteiger partial charge in [0.2, 0.25) is 0 Å². The minimum atomic E-state index is -4.33. The summed E-state index contributed by atoms with van der Waals surface area (Å²) in [7, 11) is 0. The van der Waals surface area contributed by atoms with Crippen LogP contribution in [0.25, 0.3) is 0 Å². The lowest BCUT2D eigenvalue weighted by atomic mass is 9.97. The number of unbranched alkanes of at least 4 members (excludes halogenated alkanes) is 9. The molecule has 0 aromatic heterocycles. The molecule has 1 radical (unpaired) electrons. The van der Waals surface area contributed by atoms with Crippen LogP contribution in [0.3, 0.4) is 0 Å². The smallest absolute Gasteiger partial charge is 0.249 e. The van der Waals surface area contributed by atoms with Gasteiger partial charge in [-0.2, -0.15) is 13.2 Å². The maximum absolute atomic E-state index is 12.7. The second-order valence-electron chi connectivity index (χ2n) is 8.62. The van der Waals surface area contributed by atoms with Crippen LogP contribution >= 0.6 is 0 Å². The van der Waals surface area contributed by atoms with Gasteiger partial charge >= 0.3 is 6.18 Å². The molecule has 0 fully saturated rings. The third kappa shape index (κ3) is 9.90. The van der Waals surface area contributed by atoms with Gasteiger partial charge < -0.3 is 0 Å². The first-order valence-electron chi connectivity index (χ1n) is 11.9. The summed E-state index contributed by atoms with van der Waals surface area (Å²) in [5.41, 5.74) is 10.6. The number of rotatable bonds is 14. The van der Waals surface area contributed by atoms with E-state index in [1.807, 2.05) is 0 Å². The monoisotopic (exact) mass is 432 g/mol. The van der Waals surface area contributed by atoms with Gasteiger partial charge in [0.05, 0.1) is 11.6 Å². The lowest BCUT2D eigenvalue weighted by molar-refractivity contribution is -0.137. The lowest BCUT2D eigenvalue weighted by Crippen LogP contribution is -2.07. The van der Waals surface area contributed by atoms with Crippen molar-refractivity contribution < 1.29 is 13.2 Å². The molecule has 31 heavy (non-hydrogen) atoms. The first-order valence-corrected chi connectivity index (χ1v) is 11.9. The number of hydrogen-bond acceptors (Lipinski definition) is 0. The first kappa shape index (κ1) is 25.5. The van der Waals surface area contributed by atoms with Gasteiger partial charge in [0.1, 0.15) is 0 Å². The number of benzene rings is 2. The maximum atomic E-state index is 12.7. The van der Waals surface area contributed by atoms with E-state index in [0.29, 0.717) is 12.0 Å². The molecule has 2 aromatic carbocycles. The molecule has 0 saturated carbocycles. The number of hydrogen-bond donors (Lipinski definition) is 0. The number of aryl methyl sites for hydroxylation is 1. The summed E-state index contributed by atoms with van der Waals surface area (Å²) < 4.78 is 38.0.